The van der Waals surface area contributed by atoms with Crippen molar-refractivity contribution in [3.8, 4) is 0 Å². The van der Waals surface area contributed by atoms with Gasteiger partial charge in [0.15, 0.2) is 5.71 Å². The zero-order valence-electron chi connectivity index (χ0n) is 10.4. The maximum atomic E-state index is 11.8. The highest BCUT2D eigenvalue weighted by molar-refractivity contribution is 6.53. The van der Waals surface area contributed by atoms with Crippen molar-refractivity contribution in [1.82, 2.24) is 0 Å². The predicted molar refractivity (Wildman–Crippen MR) is 80.7 cm³/mol. The summed E-state index contributed by atoms with van der Waals surface area (Å²) in [5.41, 5.74) is 2.58. The number of hydrogen-bond acceptors (Lipinski definition) is 3. The van der Waals surface area contributed by atoms with Crippen LogP contribution in [0.4, 0.5) is 5.69 Å². The number of carbonyl (C=O) groups is 1. The average Bonchev–Trinajstić information content (AvgIpc) is 2.77. The van der Waals surface area contributed by atoms with E-state index >= 15 is 0 Å². The first-order valence-corrected chi connectivity index (χ1v) is 6.40. The molecule has 0 fully saturated rings. The number of para-hydroxylation sites is 1. The molecule has 0 radical (unpaired) electrons. The number of anilines is 1. The van der Waals surface area contributed by atoms with Gasteiger partial charge >= 0.3 is 0 Å². The molecule has 3 rings (SSSR count). The van der Waals surface area contributed by atoms with Crippen LogP contribution in [0.5, 0.6) is 0 Å². The second kappa shape index (κ2) is 5.27. The molecule has 0 spiro atoms. The first-order chi connectivity index (χ1) is 9.75. The third-order valence-electron chi connectivity index (χ3n) is 2.91. The molecule has 2 aromatic rings. The zero-order chi connectivity index (χ0) is 13.9. The van der Waals surface area contributed by atoms with Crippen LogP contribution >= 0.6 is 11.6 Å². The number of amides is 1. The minimum absolute atomic E-state index is 0.248. The van der Waals surface area contributed by atoms with Crippen LogP contribution in [0, 0.1) is 0 Å². The van der Waals surface area contributed by atoms with Crippen molar-refractivity contribution in [1.29, 1.82) is 0 Å². The van der Waals surface area contributed by atoms with Gasteiger partial charge in [0.05, 0.1) is 11.9 Å². The van der Waals surface area contributed by atoms with E-state index in [1.54, 1.807) is 6.07 Å². The number of benzene rings is 2. The maximum Gasteiger partial charge on any atom is 0.276 e. The largest absolute Gasteiger partial charge is 0.320 e. The summed E-state index contributed by atoms with van der Waals surface area (Å²) in [6.07, 6.45) is 1.53. The van der Waals surface area contributed by atoms with Gasteiger partial charge in [0.2, 0.25) is 0 Å². The van der Waals surface area contributed by atoms with Crippen molar-refractivity contribution < 1.29 is 4.79 Å². The summed E-state index contributed by atoms with van der Waals surface area (Å²) >= 11 is 6.01. The van der Waals surface area contributed by atoms with E-state index in [4.69, 9.17) is 11.6 Å². The molecule has 1 aliphatic heterocycles. The molecule has 0 aliphatic carbocycles. The average molecular weight is 284 g/mol. The first kappa shape index (κ1) is 12.6. The van der Waals surface area contributed by atoms with Crippen molar-refractivity contribution in [3.63, 3.8) is 0 Å². The molecule has 4 nitrogen and oxygen atoms in total. The number of carbonyl (C=O) groups excluding carboxylic acids is 1. The van der Waals surface area contributed by atoms with Gasteiger partial charge in [-0.1, -0.05) is 48.0 Å². The van der Waals surface area contributed by atoms with E-state index < -0.39 is 0 Å². The van der Waals surface area contributed by atoms with Gasteiger partial charge in [-0.05, 0) is 12.1 Å². The lowest BCUT2D eigenvalue weighted by atomic mass is 10.1. The van der Waals surface area contributed by atoms with Crippen molar-refractivity contribution >= 4 is 35.1 Å². The van der Waals surface area contributed by atoms with E-state index in [9.17, 15) is 4.79 Å². The van der Waals surface area contributed by atoms with Crippen LogP contribution in [0.15, 0.2) is 58.7 Å². The third-order valence-corrected chi connectivity index (χ3v) is 3.25. The van der Waals surface area contributed by atoms with Gasteiger partial charge < -0.3 is 5.32 Å². The molecule has 0 aromatic heterocycles. The Morgan fingerprint density at radius 1 is 1.05 bits per heavy atom. The van der Waals surface area contributed by atoms with Crippen LogP contribution in [-0.4, -0.2) is 17.8 Å². The molecule has 0 unspecified atom stereocenters. The number of halogens is 1. The summed E-state index contributed by atoms with van der Waals surface area (Å²) in [5, 5.41) is 11.3. The van der Waals surface area contributed by atoms with E-state index in [1.165, 1.54) is 6.21 Å². The lowest BCUT2D eigenvalue weighted by molar-refractivity contribution is -0.110. The Balaban J connectivity index is 1.90. The Hall–Kier alpha value is -2.46. The Labute approximate surface area is 120 Å². The fourth-order valence-corrected chi connectivity index (χ4v) is 2.11. The van der Waals surface area contributed by atoms with Crippen LogP contribution < -0.4 is 5.32 Å². The first-order valence-electron chi connectivity index (χ1n) is 6.02. The highest BCUT2D eigenvalue weighted by Crippen LogP contribution is 2.22. The third kappa shape index (κ3) is 2.33. The van der Waals surface area contributed by atoms with E-state index in [0.717, 1.165) is 16.8 Å². The fourth-order valence-electron chi connectivity index (χ4n) is 1.93. The summed E-state index contributed by atoms with van der Waals surface area (Å²) in [6, 6.07) is 14.7. The molecular weight excluding hydrogens is 274 g/mol. The van der Waals surface area contributed by atoms with Gasteiger partial charge in [-0.25, -0.2) is 0 Å². The predicted octanol–water partition coefficient (Wildman–Crippen LogP) is 3.12. The number of nitrogens with zero attached hydrogens (tertiary/aromatic N) is 2. The van der Waals surface area contributed by atoms with Gasteiger partial charge in [0.25, 0.3) is 5.91 Å². The Morgan fingerprint density at radius 3 is 2.65 bits per heavy atom. The molecule has 0 bridgehead atoms. The number of rotatable bonds is 2. The molecular formula is C15H10ClN3O. The molecule has 0 saturated heterocycles. The summed E-state index contributed by atoms with van der Waals surface area (Å²) < 4.78 is 0. The Bertz CT molecular complexity index is 737. The SMILES string of the molecule is O=C1Nc2ccccc2/C1=N\N=C\c1ccccc1Cl. The van der Waals surface area contributed by atoms with Crippen LogP contribution in [0.2, 0.25) is 5.02 Å². The molecule has 0 atom stereocenters. The molecule has 20 heavy (non-hydrogen) atoms. The Kier molecular flexibility index (Phi) is 3.31. The molecule has 1 N–H and O–H groups in total. The molecule has 1 aliphatic rings. The van der Waals surface area contributed by atoms with Gasteiger partial charge in [-0.15, -0.1) is 5.10 Å². The molecule has 1 amide bonds. The number of nitrogens with one attached hydrogen (secondary N) is 1. The molecule has 98 valence electrons. The summed E-state index contributed by atoms with van der Waals surface area (Å²) in [6.45, 7) is 0. The lowest BCUT2D eigenvalue weighted by Gasteiger charge is -1.95. The van der Waals surface area contributed by atoms with Crippen LogP contribution in [0.1, 0.15) is 11.1 Å². The van der Waals surface area contributed by atoms with Crippen molar-refractivity contribution in [2.75, 3.05) is 5.32 Å². The zero-order valence-corrected chi connectivity index (χ0v) is 11.1. The van der Waals surface area contributed by atoms with E-state index in [2.05, 4.69) is 15.5 Å². The van der Waals surface area contributed by atoms with E-state index in [0.29, 0.717) is 10.7 Å². The summed E-state index contributed by atoms with van der Waals surface area (Å²) in [7, 11) is 0. The Morgan fingerprint density at radius 2 is 1.80 bits per heavy atom. The molecule has 0 saturated carbocycles. The minimum atomic E-state index is -0.248. The standard InChI is InChI=1S/C15H10ClN3O/c16-12-7-3-1-5-10(12)9-17-19-14-11-6-2-4-8-13(11)18-15(14)20/h1-9H,(H,18,19,20)/b17-9+. The van der Waals surface area contributed by atoms with Crippen molar-refractivity contribution in [2.24, 2.45) is 10.2 Å². The number of hydrogen-bond donors (Lipinski definition) is 1. The van der Waals surface area contributed by atoms with Crippen molar-refractivity contribution in [2.45, 2.75) is 0 Å². The van der Waals surface area contributed by atoms with Gasteiger partial charge in [0, 0.05) is 16.1 Å². The normalized spacial score (nSPS) is 15.7. The quantitative estimate of drug-likeness (QED) is 0.668. The van der Waals surface area contributed by atoms with E-state index in [-0.39, 0.29) is 5.91 Å². The molecule has 2 aromatic carbocycles. The maximum absolute atomic E-state index is 11.8. The topological polar surface area (TPSA) is 53.8 Å². The monoisotopic (exact) mass is 283 g/mol. The second-order valence-corrected chi connectivity index (χ2v) is 4.62. The highest BCUT2D eigenvalue weighted by atomic mass is 35.5. The highest BCUT2D eigenvalue weighted by Gasteiger charge is 2.25. The number of fused-ring (bicyclic) bond motifs is 1. The summed E-state index contributed by atoms with van der Waals surface area (Å²) in [4.78, 5) is 11.8. The van der Waals surface area contributed by atoms with E-state index in [1.807, 2.05) is 42.5 Å². The van der Waals surface area contributed by atoms with Gasteiger partial charge in [-0.2, -0.15) is 5.10 Å². The van der Waals surface area contributed by atoms with Gasteiger partial charge in [0.1, 0.15) is 0 Å². The lowest BCUT2D eigenvalue weighted by Crippen LogP contribution is -2.13. The fraction of sp³-hybridized carbons (Fsp3) is 0. The smallest absolute Gasteiger partial charge is 0.276 e. The molecule has 1 heterocycles. The minimum Gasteiger partial charge on any atom is -0.320 e. The van der Waals surface area contributed by atoms with Gasteiger partial charge in [-0.3, -0.25) is 4.79 Å². The van der Waals surface area contributed by atoms with Crippen LogP contribution in [0.3, 0.4) is 0 Å². The molecule has 5 heteroatoms. The van der Waals surface area contributed by atoms with Crippen molar-refractivity contribution in [3.05, 3.63) is 64.7 Å². The summed E-state index contributed by atoms with van der Waals surface area (Å²) in [5.74, 6) is -0.248. The van der Waals surface area contributed by atoms with Crippen LogP contribution in [0.25, 0.3) is 0 Å². The second-order valence-electron chi connectivity index (χ2n) is 4.21. The van der Waals surface area contributed by atoms with Crippen LogP contribution in [-0.2, 0) is 4.79 Å².